The second-order valence-electron chi connectivity index (χ2n) is 3.31. The molecule has 15 heavy (non-hydrogen) atoms. The van der Waals surface area contributed by atoms with Crippen molar-refractivity contribution >= 4 is 5.97 Å². The van der Waals surface area contributed by atoms with Gasteiger partial charge in [0.1, 0.15) is 0 Å². The SMILES string of the molecule is COc1nc(C(=O)O)oc1CCN(C)C. The summed E-state index contributed by atoms with van der Waals surface area (Å²) in [6, 6.07) is 0. The zero-order chi connectivity index (χ0) is 11.4. The Morgan fingerprint density at radius 2 is 2.27 bits per heavy atom. The molecule has 0 fully saturated rings. The maximum atomic E-state index is 10.6. The first-order valence-electron chi connectivity index (χ1n) is 4.46. The Hall–Kier alpha value is -1.56. The van der Waals surface area contributed by atoms with Crippen molar-refractivity contribution in [3.8, 4) is 5.88 Å². The molecule has 0 unspecified atom stereocenters. The van der Waals surface area contributed by atoms with Gasteiger partial charge in [0, 0.05) is 13.0 Å². The molecule has 0 aliphatic heterocycles. The van der Waals surface area contributed by atoms with Crippen LogP contribution >= 0.6 is 0 Å². The standard InChI is InChI=1S/C9H14N2O4/c1-11(2)5-4-6-7(14-3)10-8(15-6)9(12)13/h4-5H2,1-3H3,(H,12,13). The minimum Gasteiger partial charge on any atom is -0.479 e. The molecular formula is C9H14N2O4. The average Bonchev–Trinajstić information content (AvgIpc) is 2.57. The molecule has 1 aromatic heterocycles. The fourth-order valence-electron chi connectivity index (χ4n) is 1.07. The molecule has 0 amide bonds. The van der Waals surface area contributed by atoms with E-state index in [-0.39, 0.29) is 11.8 Å². The number of likely N-dealkylation sites (N-methyl/N-ethyl adjacent to an activating group) is 1. The highest BCUT2D eigenvalue weighted by atomic mass is 16.5. The van der Waals surface area contributed by atoms with Gasteiger partial charge in [0.05, 0.1) is 7.11 Å². The third-order valence-electron chi connectivity index (χ3n) is 1.82. The largest absolute Gasteiger partial charge is 0.479 e. The van der Waals surface area contributed by atoms with Crippen molar-refractivity contribution in [2.45, 2.75) is 6.42 Å². The lowest BCUT2D eigenvalue weighted by Gasteiger charge is -2.07. The molecule has 6 heteroatoms. The number of methoxy groups -OCH3 is 1. The van der Waals surface area contributed by atoms with Gasteiger partial charge in [-0.2, -0.15) is 4.98 Å². The Morgan fingerprint density at radius 3 is 2.73 bits per heavy atom. The molecule has 0 radical (unpaired) electrons. The zero-order valence-corrected chi connectivity index (χ0v) is 8.98. The summed E-state index contributed by atoms with van der Waals surface area (Å²) in [5.41, 5.74) is 0. The molecule has 1 aromatic rings. The molecule has 0 bridgehead atoms. The first-order valence-corrected chi connectivity index (χ1v) is 4.46. The molecule has 1 heterocycles. The van der Waals surface area contributed by atoms with Gasteiger partial charge >= 0.3 is 11.9 Å². The fraction of sp³-hybridized carbons (Fsp3) is 0.556. The Morgan fingerprint density at radius 1 is 1.60 bits per heavy atom. The van der Waals surface area contributed by atoms with E-state index in [2.05, 4.69) is 4.98 Å². The van der Waals surface area contributed by atoms with Gasteiger partial charge in [-0.1, -0.05) is 0 Å². The van der Waals surface area contributed by atoms with Crippen LogP contribution in [0.3, 0.4) is 0 Å². The topological polar surface area (TPSA) is 75.8 Å². The minimum absolute atomic E-state index is 0.245. The van der Waals surface area contributed by atoms with Crippen molar-refractivity contribution < 1.29 is 19.1 Å². The maximum Gasteiger partial charge on any atom is 0.392 e. The van der Waals surface area contributed by atoms with Gasteiger partial charge in [-0.25, -0.2) is 4.79 Å². The lowest BCUT2D eigenvalue weighted by Crippen LogP contribution is -2.15. The predicted octanol–water partition coefficient (Wildman–Crippen LogP) is 0.485. The summed E-state index contributed by atoms with van der Waals surface area (Å²) >= 11 is 0. The highest BCUT2D eigenvalue weighted by Crippen LogP contribution is 2.19. The quantitative estimate of drug-likeness (QED) is 0.768. The first kappa shape index (κ1) is 11.5. The van der Waals surface area contributed by atoms with Gasteiger partial charge in [-0.05, 0) is 14.1 Å². The lowest BCUT2D eigenvalue weighted by molar-refractivity contribution is 0.0651. The number of rotatable bonds is 5. The van der Waals surface area contributed by atoms with Crippen LogP contribution in [0.1, 0.15) is 16.4 Å². The van der Waals surface area contributed by atoms with E-state index in [1.807, 2.05) is 19.0 Å². The number of ether oxygens (including phenoxy) is 1. The molecule has 84 valence electrons. The Labute approximate surface area is 87.5 Å². The van der Waals surface area contributed by atoms with Crippen molar-refractivity contribution in [1.29, 1.82) is 0 Å². The van der Waals surface area contributed by atoms with Crippen LogP contribution in [0, 0.1) is 0 Å². The van der Waals surface area contributed by atoms with Crippen LogP contribution in [-0.4, -0.2) is 48.7 Å². The van der Waals surface area contributed by atoms with Crippen molar-refractivity contribution in [2.24, 2.45) is 0 Å². The molecule has 6 nitrogen and oxygen atoms in total. The van der Waals surface area contributed by atoms with Crippen molar-refractivity contribution in [3.05, 3.63) is 11.7 Å². The number of aromatic carboxylic acids is 1. The number of nitrogens with zero attached hydrogens (tertiary/aromatic N) is 2. The number of carbonyl (C=O) groups is 1. The fourth-order valence-corrected chi connectivity index (χ4v) is 1.07. The number of oxazole rings is 1. The number of hydrogen-bond acceptors (Lipinski definition) is 5. The van der Waals surface area contributed by atoms with Gasteiger partial charge < -0.3 is 19.2 Å². The van der Waals surface area contributed by atoms with Crippen LogP contribution < -0.4 is 4.74 Å². The molecule has 0 atom stereocenters. The summed E-state index contributed by atoms with van der Waals surface area (Å²) in [5, 5.41) is 8.67. The van der Waals surface area contributed by atoms with E-state index in [4.69, 9.17) is 14.3 Å². The van der Waals surface area contributed by atoms with Gasteiger partial charge in [0.2, 0.25) is 0 Å². The maximum absolute atomic E-state index is 10.6. The van der Waals surface area contributed by atoms with E-state index in [1.54, 1.807) is 0 Å². The van der Waals surface area contributed by atoms with Crippen LogP contribution in [0.15, 0.2) is 4.42 Å². The van der Waals surface area contributed by atoms with E-state index in [0.29, 0.717) is 12.2 Å². The predicted molar refractivity (Wildman–Crippen MR) is 52.3 cm³/mol. The molecular weight excluding hydrogens is 200 g/mol. The van der Waals surface area contributed by atoms with E-state index in [0.717, 1.165) is 6.54 Å². The number of aromatic nitrogens is 1. The van der Waals surface area contributed by atoms with Gasteiger partial charge in [0.25, 0.3) is 5.88 Å². The lowest BCUT2D eigenvalue weighted by atomic mass is 10.3. The molecule has 0 aliphatic rings. The second-order valence-corrected chi connectivity index (χ2v) is 3.31. The van der Waals surface area contributed by atoms with Crippen LogP contribution in [-0.2, 0) is 6.42 Å². The summed E-state index contributed by atoms with van der Waals surface area (Å²) in [5.74, 6) is -0.817. The zero-order valence-electron chi connectivity index (χ0n) is 8.98. The normalized spacial score (nSPS) is 10.7. The van der Waals surface area contributed by atoms with Gasteiger partial charge in [-0.15, -0.1) is 0 Å². The van der Waals surface area contributed by atoms with Crippen LogP contribution in [0.5, 0.6) is 5.88 Å². The molecule has 0 aliphatic carbocycles. The summed E-state index contributed by atoms with van der Waals surface area (Å²) in [4.78, 5) is 16.3. The molecule has 0 saturated heterocycles. The second kappa shape index (κ2) is 4.79. The third kappa shape index (κ3) is 2.95. The van der Waals surface area contributed by atoms with Crippen LogP contribution in [0.2, 0.25) is 0 Å². The number of carboxylic acid groups (broad SMARTS) is 1. The smallest absolute Gasteiger partial charge is 0.392 e. The molecule has 0 saturated carbocycles. The van der Waals surface area contributed by atoms with Gasteiger partial charge in [-0.3, -0.25) is 0 Å². The van der Waals surface area contributed by atoms with Gasteiger partial charge in [0.15, 0.2) is 5.76 Å². The number of hydrogen-bond donors (Lipinski definition) is 1. The Balaban J connectivity index is 2.81. The van der Waals surface area contributed by atoms with Crippen LogP contribution in [0.25, 0.3) is 0 Å². The van der Waals surface area contributed by atoms with Crippen LogP contribution in [0.4, 0.5) is 0 Å². The monoisotopic (exact) mass is 214 g/mol. The minimum atomic E-state index is -1.19. The van der Waals surface area contributed by atoms with E-state index < -0.39 is 5.97 Å². The molecule has 1 rings (SSSR count). The van der Waals surface area contributed by atoms with Crippen molar-refractivity contribution in [3.63, 3.8) is 0 Å². The van der Waals surface area contributed by atoms with Crippen molar-refractivity contribution in [1.82, 2.24) is 9.88 Å². The summed E-state index contributed by atoms with van der Waals surface area (Å²) in [7, 11) is 5.27. The van der Waals surface area contributed by atoms with E-state index >= 15 is 0 Å². The van der Waals surface area contributed by atoms with E-state index in [9.17, 15) is 4.79 Å². The highest BCUT2D eigenvalue weighted by Gasteiger charge is 2.18. The summed E-state index contributed by atoms with van der Waals surface area (Å²) < 4.78 is 9.98. The Bertz CT molecular complexity index is 346. The molecule has 1 N–H and O–H groups in total. The molecule has 0 spiro atoms. The molecule has 0 aromatic carbocycles. The highest BCUT2D eigenvalue weighted by molar-refractivity contribution is 5.82. The summed E-state index contributed by atoms with van der Waals surface area (Å²) in [6.07, 6.45) is 0.566. The first-order chi connectivity index (χ1) is 7.04. The van der Waals surface area contributed by atoms with Crippen molar-refractivity contribution in [2.75, 3.05) is 27.7 Å². The van der Waals surface area contributed by atoms with E-state index in [1.165, 1.54) is 7.11 Å². The third-order valence-corrected chi connectivity index (χ3v) is 1.82. The average molecular weight is 214 g/mol. The summed E-state index contributed by atoms with van der Waals surface area (Å²) in [6.45, 7) is 0.741. The number of carboxylic acids is 1. The Kier molecular flexibility index (Phi) is 3.68.